The van der Waals surface area contributed by atoms with Gasteiger partial charge in [0, 0.05) is 37.1 Å². The standard InChI is InChI=1S/C27H36ClN3O6S/c1-4-6-15-29-27(33)23(5-2)30(18-20-9-11-21(28)12-10-20)26(32)8-7-16-31(38(3,34)35)22-13-14-24-25(17-22)37-19-36-24/h9-14,17,23H,4-8,15-16,18-19H2,1-3H3,(H,29,33)/t23-/m0/s1. The number of sulfonamides is 1. The molecule has 2 aromatic rings. The third-order valence-electron chi connectivity index (χ3n) is 6.28. The summed E-state index contributed by atoms with van der Waals surface area (Å²) in [4.78, 5) is 28.1. The molecule has 1 heterocycles. The van der Waals surface area contributed by atoms with Gasteiger partial charge in [-0.25, -0.2) is 8.42 Å². The van der Waals surface area contributed by atoms with E-state index in [9.17, 15) is 18.0 Å². The van der Waals surface area contributed by atoms with Crippen molar-refractivity contribution in [2.75, 3.05) is 30.4 Å². The number of amides is 2. The Hall–Kier alpha value is -2.98. The molecule has 0 saturated carbocycles. The van der Waals surface area contributed by atoms with E-state index in [4.69, 9.17) is 21.1 Å². The maximum atomic E-state index is 13.5. The second-order valence-corrected chi connectivity index (χ2v) is 11.5. The smallest absolute Gasteiger partial charge is 0.242 e. The molecule has 0 unspecified atom stereocenters. The first kappa shape index (κ1) is 29.6. The van der Waals surface area contributed by atoms with Gasteiger partial charge < -0.3 is 19.7 Å². The van der Waals surface area contributed by atoms with Gasteiger partial charge in [-0.2, -0.15) is 0 Å². The van der Waals surface area contributed by atoms with Crippen LogP contribution in [0.3, 0.4) is 0 Å². The van der Waals surface area contributed by atoms with Crippen molar-refractivity contribution in [3.8, 4) is 11.5 Å². The third kappa shape index (κ3) is 8.01. The van der Waals surface area contributed by atoms with Crippen molar-refractivity contribution in [1.29, 1.82) is 0 Å². The first-order valence-electron chi connectivity index (χ1n) is 12.8. The Morgan fingerprint density at radius 1 is 1.05 bits per heavy atom. The van der Waals surface area contributed by atoms with Gasteiger partial charge >= 0.3 is 0 Å². The van der Waals surface area contributed by atoms with E-state index in [2.05, 4.69) is 5.32 Å². The highest BCUT2D eigenvalue weighted by molar-refractivity contribution is 7.92. The summed E-state index contributed by atoms with van der Waals surface area (Å²) in [6.07, 6.45) is 3.72. The summed E-state index contributed by atoms with van der Waals surface area (Å²) in [5, 5.41) is 3.52. The Balaban J connectivity index is 1.74. The zero-order valence-corrected chi connectivity index (χ0v) is 23.7. The lowest BCUT2D eigenvalue weighted by molar-refractivity contribution is -0.141. The number of hydrogen-bond acceptors (Lipinski definition) is 6. The van der Waals surface area contributed by atoms with Crippen molar-refractivity contribution in [3.05, 3.63) is 53.1 Å². The molecule has 0 aliphatic carbocycles. The number of carbonyl (C=O) groups excluding carboxylic acids is 2. The normalized spacial score (nSPS) is 13.2. The second kappa shape index (κ2) is 13.7. The number of anilines is 1. The first-order valence-corrected chi connectivity index (χ1v) is 15.1. The van der Waals surface area contributed by atoms with Crippen LogP contribution in [-0.4, -0.2) is 57.3 Å². The molecule has 0 saturated heterocycles. The van der Waals surface area contributed by atoms with Gasteiger partial charge in [0.05, 0.1) is 11.9 Å². The molecule has 0 bridgehead atoms. The van der Waals surface area contributed by atoms with Gasteiger partial charge in [-0.15, -0.1) is 0 Å². The van der Waals surface area contributed by atoms with Crippen molar-refractivity contribution >= 4 is 39.1 Å². The van der Waals surface area contributed by atoms with E-state index in [1.807, 2.05) is 26.0 Å². The van der Waals surface area contributed by atoms with Crippen molar-refractivity contribution in [3.63, 3.8) is 0 Å². The molecule has 1 aliphatic rings. The Morgan fingerprint density at radius 3 is 2.42 bits per heavy atom. The van der Waals surface area contributed by atoms with E-state index in [0.717, 1.165) is 24.7 Å². The highest BCUT2D eigenvalue weighted by Gasteiger charge is 2.29. The molecule has 9 nitrogen and oxygen atoms in total. The molecule has 3 rings (SSSR count). The summed E-state index contributed by atoms with van der Waals surface area (Å²) in [6, 6.07) is 11.4. The molecule has 1 aliphatic heterocycles. The predicted molar refractivity (Wildman–Crippen MR) is 148 cm³/mol. The van der Waals surface area contributed by atoms with E-state index in [0.29, 0.717) is 35.2 Å². The van der Waals surface area contributed by atoms with Crippen LogP contribution in [0.4, 0.5) is 5.69 Å². The van der Waals surface area contributed by atoms with Gasteiger partial charge in [-0.05, 0) is 49.1 Å². The van der Waals surface area contributed by atoms with Gasteiger partial charge in [0.2, 0.25) is 28.6 Å². The maximum absolute atomic E-state index is 13.5. The Bertz CT molecular complexity index is 1210. The lowest BCUT2D eigenvalue weighted by atomic mass is 10.1. The fraction of sp³-hybridized carbons (Fsp3) is 0.481. The fourth-order valence-corrected chi connectivity index (χ4v) is 5.34. The molecule has 0 aromatic heterocycles. The number of rotatable bonds is 14. The number of fused-ring (bicyclic) bond motifs is 1. The summed E-state index contributed by atoms with van der Waals surface area (Å²) >= 11 is 6.03. The topological polar surface area (TPSA) is 105 Å². The van der Waals surface area contributed by atoms with E-state index in [1.54, 1.807) is 35.2 Å². The zero-order valence-electron chi connectivity index (χ0n) is 22.1. The number of nitrogens with zero attached hydrogens (tertiary/aromatic N) is 2. The zero-order chi connectivity index (χ0) is 27.7. The largest absolute Gasteiger partial charge is 0.454 e. The summed E-state index contributed by atoms with van der Waals surface area (Å²) < 4.78 is 37.1. The minimum absolute atomic E-state index is 0.0723. The van der Waals surface area contributed by atoms with Gasteiger partial charge in [-0.3, -0.25) is 13.9 Å². The summed E-state index contributed by atoms with van der Waals surface area (Å²) in [5.41, 5.74) is 1.28. The fourth-order valence-electron chi connectivity index (χ4n) is 4.26. The monoisotopic (exact) mass is 565 g/mol. The molecular weight excluding hydrogens is 530 g/mol. The molecule has 2 amide bonds. The lowest BCUT2D eigenvalue weighted by Gasteiger charge is -2.31. The van der Waals surface area contributed by atoms with Crippen LogP contribution >= 0.6 is 11.6 Å². The maximum Gasteiger partial charge on any atom is 0.242 e. The van der Waals surface area contributed by atoms with Crippen LogP contribution in [0, 0.1) is 0 Å². The van der Waals surface area contributed by atoms with Gasteiger partial charge in [0.25, 0.3) is 0 Å². The molecule has 1 N–H and O–H groups in total. The van der Waals surface area contributed by atoms with E-state index < -0.39 is 16.1 Å². The Morgan fingerprint density at radius 2 is 1.76 bits per heavy atom. The predicted octanol–water partition coefficient (Wildman–Crippen LogP) is 4.34. The number of ether oxygens (including phenoxy) is 2. The average Bonchev–Trinajstić information content (AvgIpc) is 3.35. The van der Waals surface area contributed by atoms with Crippen LogP contribution in [0.25, 0.3) is 0 Å². The van der Waals surface area contributed by atoms with Crippen molar-refractivity contribution in [2.24, 2.45) is 0 Å². The number of nitrogens with one attached hydrogen (secondary N) is 1. The van der Waals surface area contributed by atoms with Crippen LogP contribution in [-0.2, 0) is 26.2 Å². The number of carbonyl (C=O) groups is 2. The number of unbranched alkanes of at least 4 members (excludes halogenated alkanes) is 1. The molecule has 2 aromatic carbocycles. The Labute approximate surface area is 230 Å². The summed E-state index contributed by atoms with van der Waals surface area (Å²) in [6.45, 7) is 4.89. The molecule has 11 heteroatoms. The van der Waals surface area contributed by atoms with Crippen LogP contribution in [0.1, 0.15) is 51.5 Å². The minimum atomic E-state index is -3.62. The molecule has 208 valence electrons. The molecule has 0 spiro atoms. The summed E-state index contributed by atoms with van der Waals surface area (Å²) in [7, 11) is -3.62. The Kier molecular flexibility index (Phi) is 10.7. The van der Waals surface area contributed by atoms with Gasteiger partial charge in [-0.1, -0.05) is 44.0 Å². The van der Waals surface area contributed by atoms with Gasteiger partial charge in [0.1, 0.15) is 6.04 Å². The van der Waals surface area contributed by atoms with E-state index >= 15 is 0 Å². The van der Waals surface area contributed by atoms with Gasteiger partial charge in [0.15, 0.2) is 11.5 Å². The molecule has 1 atom stereocenters. The minimum Gasteiger partial charge on any atom is -0.454 e. The first-order chi connectivity index (χ1) is 18.1. The van der Waals surface area contributed by atoms with Crippen LogP contribution in [0.15, 0.2) is 42.5 Å². The number of hydrogen-bond donors (Lipinski definition) is 1. The second-order valence-electron chi connectivity index (χ2n) is 9.19. The lowest BCUT2D eigenvalue weighted by Crippen LogP contribution is -2.49. The molecule has 0 radical (unpaired) electrons. The van der Waals surface area contributed by atoms with Crippen molar-refractivity contribution in [2.45, 2.75) is 58.5 Å². The van der Waals surface area contributed by atoms with Crippen LogP contribution in [0.5, 0.6) is 11.5 Å². The highest BCUT2D eigenvalue weighted by atomic mass is 35.5. The quantitative estimate of drug-likeness (QED) is 0.342. The van der Waals surface area contributed by atoms with Crippen molar-refractivity contribution < 1.29 is 27.5 Å². The number of benzene rings is 2. The number of halogens is 1. The highest BCUT2D eigenvalue weighted by Crippen LogP contribution is 2.36. The van der Waals surface area contributed by atoms with E-state index in [-0.39, 0.29) is 44.5 Å². The summed E-state index contributed by atoms with van der Waals surface area (Å²) in [5.74, 6) is 0.609. The molecule has 38 heavy (non-hydrogen) atoms. The molecular formula is C27H36ClN3O6S. The average molecular weight is 566 g/mol. The van der Waals surface area contributed by atoms with Crippen LogP contribution < -0.4 is 19.1 Å². The molecule has 0 fully saturated rings. The van der Waals surface area contributed by atoms with Crippen molar-refractivity contribution in [1.82, 2.24) is 10.2 Å². The third-order valence-corrected chi connectivity index (χ3v) is 7.72. The van der Waals surface area contributed by atoms with Crippen LogP contribution in [0.2, 0.25) is 5.02 Å². The van der Waals surface area contributed by atoms with E-state index in [1.165, 1.54) is 4.31 Å². The SMILES string of the molecule is CCCCNC(=O)[C@H](CC)N(Cc1ccc(Cl)cc1)C(=O)CCCN(c1ccc2c(c1)OCO2)S(C)(=O)=O.